The minimum atomic E-state index is -0.382. The van der Waals surface area contributed by atoms with E-state index in [0.29, 0.717) is 26.4 Å². The van der Waals surface area contributed by atoms with E-state index in [-0.39, 0.29) is 10.8 Å². The fourth-order valence-corrected chi connectivity index (χ4v) is 2.40. The van der Waals surface area contributed by atoms with Crippen molar-refractivity contribution in [2.45, 2.75) is 5.41 Å². The zero-order chi connectivity index (χ0) is 10.4. The van der Waals surface area contributed by atoms with Gasteiger partial charge in [0, 0.05) is 12.4 Å². The summed E-state index contributed by atoms with van der Waals surface area (Å²) in [5, 5.41) is 9.34. The summed E-state index contributed by atoms with van der Waals surface area (Å²) in [7, 11) is 0. The number of hydrogen-bond donors (Lipinski definition) is 1. The molecule has 0 unspecified atom stereocenters. The lowest BCUT2D eigenvalue weighted by molar-refractivity contribution is -0.201. The number of ether oxygens (including phenoxy) is 2. The maximum absolute atomic E-state index is 9.34. The third kappa shape index (κ3) is 0.921. The molecular weight excluding hydrogens is 192 g/mol. The maximum Gasteiger partial charge on any atom is 0.118 e. The van der Waals surface area contributed by atoms with Crippen LogP contribution in [0.15, 0.2) is 18.5 Å². The van der Waals surface area contributed by atoms with Crippen LogP contribution < -0.4 is 0 Å². The Bertz CT molecular complexity index is 397. The first kappa shape index (κ1) is 8.96. The molecule has 2 saturated heterocycles. The van der Waals surface area contributed by atoms with Gasteiger partial charge in [0.1, 0.15) is 5.41 Å². The Kier molecular flexibility index (Phi) is 1.70. The zero-order valence-electron chi connectivity index (χ0n) is 8.32. The summed E-state index contributed by atoms with van der Waals surface area (Å²) in [5.74, 6) is 0. The number of rotatable bonds is 2. The molecule has 15 heavy (non-hydrogen) atoms. The molecule has 1 aromatic rings. The Labute approximate surface area is 87.8 Å². The molecule has 1 N–H and O–H groups in total. The van der Waals surface area contributed by atoms with Gasteiger partial charge in [-0.1, -0.05) is 0 Å². The van der Waals surface area contributed by atoms with Crippen LogP contribution in [0.3, 0.4) is 0 Å². The molecule has 0 bridgehead atoms. The fourth-order valence-electron chi connectivity index (χ4n) is 2.40. The Morgan fingerprint density at radius 3 is 2.33 bits per heavy atom. The van der Waals surface area contributed by atoms with E-state index in [1.807, 2.05) is 18.5 Å². The second-order valence-corrected chi connectivity index (χ2v) is 4.36. The van der Waals surface area contributed by atoms with Gasteiger partial charge in [-0.3, -0.25) is 0 Å². The van der Waals surface area contributed by atoms with Gasteiger partial charge in [-0.2, -0.15) is 5.26 Å². The number of nitrogens with zero attached hydrogens (tertiary/aromatic N) is 1. The molecule has 0 saturated carbocycles. The van der Waals surface area contributed by atoms with E-state index in [4.69, 9.17) is 9.47 Å². The van der Waals surface area contributed by atoms with Crippen LogP contribution in [-0.2, 0) is 14.9 Å². The first-order valence-electron chi connectivity index (χ1n) is 5.03. The fraction of sp³-hybridized carbons (Fsp3) is 0.545. The molecule has 1 aromatic heterocycles. The SMILES string of the molecule is N#CC1(C2(c3cc[nH]c3)COC2)COC1. The van der Waals surface area contributed by atoms with Crippen molar-refractivity contribution in [2.75, 3.05) is 26.4 Å². The summed E-state index contributed by atoms with van der Waals surface area (Å²) in [5.41, 5.74) is 0.631. The molecule has 0 aromatic carbocycles. The van der Waals surface area contributed by atoms with Gasteiger partial charge < -0.3 is 14.5 Å². The first-order chi connectivity index (χ1) is 7.33. The summed E-state index contributed by atoms with van der Waals surface area (Å²) < 4.78 is 10.5. The molecule has 78 valence electrons. The first-order valence-corrected chi connectivity index (χ1v) is 5.03. The van der Waals surface area contributed by atoms with Crippen LogP contribution >= 0.6 is 0 Å². The van der Waals surface area contributed by atoms with Crippen molar-refractivity contribution in [3.63, 3.8) is 0 Å². The van der Waals surface area contributed by atoms with Crippen LogP contribution in [0.2, 0.25) is 0 Å². The third-order valence-electron chi connectivity index (χ3n) is 3.67. The monoisotopic (exact) mass is 204 g/mol. The molecule has 2 aliphatic rings. The van der Waals surface area contributed by atoms with Crippen molar-refractivity contribution < 1.29 is 9.47 Å². The number of nitriles is 1. The molecule has 4 heteroatoms. The van der Waals surface area contributed by atoms with Crippen LogP contribution in [0.4, 0.5) is 0 Å². The average Bonchev–Trinajstić information content (AvgIpc) is 2.60. The van der Waals surface area contributed by atoms with Crippen LogP contribution in [0.25, 0.3) is 0 Å². The van der Waals surface area contributed by atoms with Gasteiger partial charge >= 0.3 is 0 Å². The van der Waals surface area contributed by atoms with E-state index in [2.05, 4.69) is 11.1 Å². The second-order valence-electron chi connectivity index (χ2n) is 4.36. The molecule has 0 radical (unpaired) electrons. The topological polar surface area (TPSA) is 58.0 Å². The molecule has 4 nitrogen and oxygen atoms in total. The van der Waals surface area contributed by atoms with E-state index in [1.54, 1.807) is 0 Å². The van der Waals surface area contributed by atoms with Crippen molar-refractivity contribution in [3.8, 4) is 6.07 Å². The minimum absolute atomic E-state index is 0.153. The molecule has 2 fully saturated rings. The maximum atomic E-state index is 9.34. The average molecular weight is 204 g/mol. The zero-order valence-corrected chi connectivity index (χ0v) is 8.32. The van der Waals surface area contributed by atoms with Crippen molar-refractivity contribution >= 4 is 0 Å². The van der Waals surface area contributed by atoms with Gasteiger partial charge in [0.05, 0.1) is 37.9 Å². The van der Waals surface area contributed by atoms with Crippen LogP contribution in [-0.4, -0.2) is 31.4 Å². The highest BCUT2D eigenvalue weighted by molar-refractivity contribution is 5.35. The molecule has 0 spiro atoms. The highest BCUT2D eigenvalue weighted by atomic mass is 16.5. The normalized spacial score (nSPS) is 26.1. The number of aromatic nitrogens is 1. The molecule has 3 rings (SSSR count). The van der Waals surface area contributed by atoms with Gasteiger partial charge in [0.2, 0.25) is 0 Å². The molecule has 0 atom stereocenters. The highest BCUT2D eigenvalue weighted by Crippen LogP contribution is 2.51. The minimum Gasteiger partial charge on any atom is -0.379 e. The van der Waals surface area contributed by atoms with E-state index in [1.165, 1.54) is 5.56 Å². The summed E-state index contributed by atoms with van der Waals surface area (Å²) in [6.45, 7) is 2.31. The van der Waals surface area contributed by atoms with Gasteiger partial charge in [0.25, 0.3) is 0 Å². The summed E-state index contributed by atoms with van der Waals surface area (Å²) in [6.07, 6.45) is 3.85. The molecule has 3 heterocycles. The Hall–Kier alpha value is -1.31. The third-order valence-corrected chi connectivity index (χ3v) is 3.67. The Morgan fingerprint density at radius 2 is 2.00 bits per heavy atom. The second kappa shape index (κ2) is 2.84. The smallest absolute Gasteiger partial charge is 0.118 e. The number of hydrogen-bond acceptors (Lipinski definition) is 3. The van der Waals surface area contributed by atoms with Crippen LogP contribution in [0.5, 0.6) is 0 Å². The molecule has 0 amide bonds. The van der Waals surface area contributed by atoms with E-state index >= 15 is 0 Å². The largest absolute Gasteiger partial charge is 0.379 e. The quantitative estimate of drug-likeness (QED) is 0.776. The van der Waals surface area contributed by atoms with E-state index in [0.717, 1.165) is 0 Å². The summed E-state index contributed by atoms with van der Waals surface area (Å²) in [6, 6.07) is 4.45. The van der Waals surface area contributed by atoms with Gasteiger partial charge in [0.15, 0.2) is 0 Å². The predicted octanol–water partition coefficient (Wildman–Crippen LogP) is 0.823. The van der Waals surface area contributed by atoms with Gasteiger partial charge in [-0.25, -0.2) is 0 Å². The lowest BCUT2D eigenvalue weighted by Crippen LogP contribution is -2.66. The molecule has 0 aliphatic carbocycles. The molecular formula is C11H12N2O2. The number of nitrogens with one attached hydrogen (secondary N) is 1. The molecule has 2 aliphatic heterocycles. The highest BCUT2D eigenvalue weighted by Gasteiger charge is 2.62. The summed E-state index contributed by atoms with van der Waals surface area (Å²) >= 11 is 0. The Balaban J connectivity index is 2.04. The van der Waals surface area contributed by atoms with Gasteiger partial charge in [-0.15, -0.1) is 0 Å². The van der Waals surface area contributed by atoms with E-state index in [9.17, 15) is 5.26 Å². The van der Waals surface area contributed by atoms with E-state index < -0.39 is 0 Å². The van der Waals surface area contributed by atoms with Crippen LogP contribution in [0.1, 0.15) is 5.56 Å². The van der Waals surface area contributed by atoms with Crippen molar-refractivity contribution in [3.05, 3.63) is 24.0 Å². The lowest BCUT2D eigenvalue weighted by Gasteiger charge is -2.55. The number of H-pyrrole nitrogens is 1. The van der Waals surface area contributed by atoms with Crippen molar-refractivity contribution in [1.82, 2.24) is 4.98 Å². The Morgan fingerprint density at radius 1 is 1.27 bits per heavy atom. The van der Waals surface area contributed by atoms with Crippen molar-refractivity contribution in [2.24, 2.45) is 5.41 Å². The summed E-state index contributed by atoms with van der Waals surface area (Å²) in [4.78, 5) is 3.04. The lowest BCUT2D eigenvalue weighted by atomic mass is 9.58. The number of aromatic amines is 1. The predicted molar refractivity (Wildman–Crippen MR) is 52.2 cm³/mol. The van der Waals surface area contributed by atoms with Gasteiger partial charge in [-0.05, 0) is 11.6 Å². The van der Waals surface area contributed by atoms with Crippen LogP contribution in [0, 0.1) is 16.7 Å². The van der Waals surface area contributed by atoms with Crippen molar-refractivity contribution in [1.29, 1.82) is 5.26 Å². The standard InChI is InChI=1S/C11H12N2O2/c12-4-10(5-14-6-10)11(7-15-8-11)9-1-2-13-3-9/h1-3,13H,5-8H2.